The highest BCUT2D eigenvalue weighted by atomic mass is 16.4. The zero-order valence-corrected chi connectivity index (χ0v) is 23.9. The van der Waals surface area contributed by atoms with E-state index >= 15 is 0 Å². The van der Waals surface area contributed by atoms with Gasteiger partial charge >= 0.3 is 0 Å². The van der Waals surface area contributed by atoms with E-state index < -0.39 is 24.7 Å². The molecule has 0 aliphatic carbocycles. The summed E-state index contributed by atoms with van der Waals surface area (Å²) < 4.78 is 0. The predicted molar refractivity (Wildman–Crippen MR) is 150 cm³/mol. The summed E-state index contributed by atoms with van der Waals surface area (Å²) in [5, 5.41) is 29.4. The van der Waals surface area contributed by atoms with E-state index in [0.717, 1.165) is 38.5 Å². The molecule has 0 bridgehead atoms. The van der Waals surface area contributed by atoms with Crippen LogP contribution in [0.2, 0.25) is 0 Å². The van der Waals surface area contributed by atoms with Crippen molar-refractivity contribution in [3.8, 4) is 0 Å². The minimum Gasteiger partial charge on any atom is -0.394 e. The van der Waals surface area contributed by atoms with E-state index in [4.69, 9.17) is 0 Å². The second-order valence-electron chi connectivity index (χ2n) is 10.9. The van der Waals surface area contributed by atoms with Crippen LogP contribution >= 0.6 is 0 Å². The van der Waals surface area contributed by atoms with Crippen LogP contribution in [0.15, 0.2) is 0 Å². The molecule has 0 rings (SSSR count). The Balaban J connectivity index is 3.96. The molecule has 0 spiro atoms. The van der Waals surface area contributed by atoms with Gasteiger partial charge in [-0.25, -0.2) is 0 Å². The standard InChI is InChI=1S/C31H60O5/c1-3-5-7-9-10-11-12-13-14-15-16-17-18-19-21-23-25-28(34)30(31(36)29(35)26-32)27(33)24-22-20-8-6-4-2/h29-32,35-36H,3-26H2,1-2H3. The molecule has 0 aliphatic rings. The molecule has 0 heterocycles. The number of hydrogen-bond donors (Lipinski definition) is 3. The van der Waals surface area contributed by atoms with Crippen LogP contribution in [0, 0.1) is 5.92 Å². The van der Waals surface area contributed by atoms with Crippen LogP contribution in [0.1, 0.15) is 162 Å². The highest BCUT2D eigenvalue weighted by molar-refractivity contribution is 6.03. The van der Waals surface area contributed by atoms with Gasteiger partial charge in [0.15, 0.2) is 0 Å². The lowest BCUT2D eigenvalue weighted by atomic mass is 9.85. The number of carbonyl (C=O) groups excluding carboxylic acids is 2. The van der Waals surface area contributed by atoms with Gasteiger partial charge < -0.3 is 15.3 Å². The molecule has 3 atom stereocenters. The van der Waals surface area contributed by atoms with Crippen LogP contribution in [0.3, 0.4) is 0 Å². The first kappa shape index (κ1) is 35.2. The Morgan fingerprint density at radius 1 is 0.500 bits per heavy atom. The summed E-state index contributed by atoms with van der Waals surface area (Å²) in [5.41, 5.74) is 0. The lowest BCUT2D eigenvalue weighted by Crippen LogP contribution is -2.44. The van der Waals surface area contributed by atoms with Gasteiger partial charge in [-0.1, -0.05) is 136 Å². The maximum absolute atomic E-state index is 12.8. The number of carbonyl (C=O) groups is 2. The van der Waals surface area contributed by atoms with Crippen molar-refractivity contribution in [2.45, 2.75) is 174 Å². The summed E-state index contributed by atoms with van der Waals surface area (Å²) in [6, 6.07) is 0. The van der Waals surface area contributed by atoms with Gasteiger partial charge in [-0.15, -0.1) is 0 Å². The second-order valence-corrected chi connectivity index (χ2v) is 10.9. The molecular formula is C31H60O5. The number of rotatable bonds is 28. The van der Waals surface area contributed by atoms with Crippen molar-refractivity contribution in [1.29, 1.82) is 0 Å². The molecule has 0 fully saturated rings. The molecule has 0 amide bonds. The van der Waals surface area contributed by atoms with Gasteiger partial charge in [0.05, 0.1) is 12.7 Å². The molecule has 0 aliphatic heterocycles. The van der Waals surface area contributed by atoms with Crippen LogP contribution in [-0.2, 0) is 9.59 Å². The van der Waals surface area contributed by atoms with Gasteiger partial charge in [0, 0.05) is 12.8 Å². The predicted octanol–water partition coefficient (Wildman–Crippen LogP) is 7.47. The molecule has 5 heteroatoms. The largest absolute Gasteiger partial charge is 0.394 e. The zero-order chi connectivity index (χ0) is 26.9. The molecule has 0 aromatic carbocycles. The van der Waals surface area contributed by atoms with Crippen LogP contribution < -0.4 is 0 Å². The maximum atomic E-state index is 12.8. The fraction of sp³-hybridized carbons (Fsp3) is 0.935. The van der Waals surface area contributed by atoms with E-state index in [1.165, 1.54) is 83.5 Å². The van der Waals surface area contributed by atoms with Crippen molar-refractivity contribution in [3.63, 3.8) is 0 Å². The first-order chi connectivity index (χ1) is 17.5. The van der Waals surface area contributed by atoms with E-state index in [2.05, 4.69) is 13.8 Å². The molecule has 0 aromatic heterocycles. The smallest absolute Gasteiger partial charge is 0.146 e. The first-order valence-electron chi connectivity index (χ1n) is 15.5. The summed E-state index contributed by atoms with van der Waals surface area (Å²) >= 11 is 0. The van der Waals surface area contributed by atoms with Crippen molar-refractivity contribution in [2.24, 2.45) is 5.92 Å². The van der Waals surface area contributed by atoms with Crippen LogP contribution in [0.5, 0.6) is 0 Å². The van der Waals surface area contributed by atoms with Gasteiger partial charge in [0.2, 0.25) is 0 Å². The average Bonchev–Trinajstić information content (AvgIpc) is 2.87. The van der Waals surface area contributed by atoms with Crippen LogP contribution in [-0.4, -0.2) is 45.7 Å². The summed E-state index contributed by atoms with van der Waals surface area (Å²) in [7, 11) is 0. The molecule has 36 heavy (non-hydrogen) atoms. The van der Waals surface area contributed by atoms with Gasteiger partial charge in [0.25, 0.3) is 0 Å². The third-order valence-corrected chi connectivity index (χ3v) is 7.42. The van der Waals surface area contributed by atoms with Crippen molar-refractivity contribution in [1.82, 2.24) is 0 Å². The van der Waals surface area contributed by atoms with Crippen LogP contribution in [0.4, 0.5) is 0 Å². The summed E-state index contributed by atoms with van der Waals surface area (Å²) in [6.45, 7) is 3.73. The zero-order valence-electron chi connectivity index (χ0n) is 23.9. The molecule has 0 saturated heterocycles. The Morgan fingerprint density at radius 3 is 1.06 bits per heavy atom. The van der Waals surface area contributed by atoms with Crippen LogP contribution in [0.25, 0.3) is 0 Å². The quantitative estimate of drug-likeness (QED) is 0.0746. The fourth-order valence-electron chi connectivity index (χ4n) is 4.95. The summed E-state index contributed by atoms with van der Waals surface area (Å²) in [5.74, 6) is -1.80. The number of ketones is 2. The summed E-state index contributed by atoms with van der Waals surface area (Å²) in [4.78, 5) is 25.4. The Hall–Kier alpha value is -0.780. The third kappa shape index (κ3) is 19.3. The highest BCUT2D eigenvalue weighted by Gasteiger charge is 2.36. The van der Waals surface area contributed by atoms with Gasteiger partial charge in [-0.3, -0.25) is 9.59 Å². The number of aliphatic hydroxyl groups excluding tert-OH is 3. The van der Waals surface area contributed by atoms with E-state index in [1.54, 1.807) is 0 Å². The van der Waals surface area contributed by atoms with E-state index in [-0.39, 0.29) is 24.4 Å². The molecule has 5 nitrogen and oxygen atoms in total. The Kier molecular flexibility index (Phi) is 25.3. The number of unbranched alkanes of at least 4 members (excludes halogenated alkanes) is 19. The Morgan fingerprint density at radius 2 is 0.778 bits per heavy atom. The maximum Gasteiger partial charge on any atom is 0.146 e. The fourth-order valence-corrected chi connectivity index (χ4v) is 4.95. The van der Waals surface area contributed by atoms with Crippen molar-refractivity contribution in [3.05, 3.63) is 0 Å². The third-order valence-electron chi connectivity index (χ3n) is 7.42. The molecule has 3 unspecified atom stereocenters. The van der Waals surface area contributed by atoms with E-state index in [0.29, 0.717) is 12.8 Å². The lowest BCUT2D eigenvalue weighted by molar-refractivity contribution is -0.142. The number of aliphatic hydroxyl groups is 3. The first-order valence-corrected chi connectivity index (χ1v) is 15.5. The molecular weight excluding hydrogens is 452 g/mol. The second kappa shape index (κ2) is 25.9. The van der Waals surface area contributed by atoms with Gasteiger partial charge in [-0.05, 0) is 12.8 Å². The number of hydrogen-bond acceptors (Lipinski definition) is 5. The molecule has 0 aromatic rings. The Bertz CT molecular complexity index is 507. The minimum absolute atomic E-state index is 0.244. The van der Waals surface area contributed by atoms with Crippen molar-refractivity contribution >= 4 is 11.6 Å². The summed E-state index contributed by atoms with van der Waals surface area (Å²) in [6.07, 6.45) is 22.6. The number of Topliss-reactive ketones (excluding diaryl/α,β-unsaturated/α-hetero) is 2. The lowest BCUT2D eigenvalue weighted by Gasteiger charge is -2.24. The topological polar surface area (TPSA) is 94.8 Å². The van der Waals surface area contributed by atoms with Crippen molar-refractivity contribution < 1.29 is 24.9 Å². The SMILES string of the molecule is CCCCCCCCCCCCCCCCCCC(=O)C(C(=O)CCCCCCC)C(O)C(O)CO. The van der Waals surface area contributed by atoms with Gasteiger partial charge in [-0.2, -0.15) is 0 Å². The van der Waals surface area contributed by atoms with E-state index in [9.17, 15) is 24.9 Å². The van der Waals surface area contributed by atoms with Crippen molar-refractivity contribution in [2.75, 3.05) is 6.61 Å². The molecule has 3 N–H and O–H groups in total. The molecule has 0 saturated carbocycles. The van der Waals surface area contributed by atoms with Gasteiger partial charge in [0.1, 0.15) is 23.6 Å². The normalized spacial score (nSPS) is 14.0. The van der Waals surface area contributed by atoms with E-state index in [1.807, 2.05) is 0 Å². The molecule has 214 valence electrons. The highest BCUT2D eigenvalue weighted by Crippen LogP contribution is 2.20. The minimum atomic E-state index is -1.52. The molecule has 0 radical (unpaired) electrons. The average molecular weight is 513 g/mol. The Labute approximate surface area is 222 Å². The monoisotopic (exact) mass is 512 g/mol.